The molecule has 0 aliphatic rings. The summed E-state index contributed by atoms with van der Waals surface area (Å²) in [4.78, 5) is 0. The molecule has 2 aromatic carbocycles. The summed E-state index contributed by atoms with van der Waals surface area (Å²) in [5, 5.41) is 0. The van der Waals surface area contributed by atoms with Crippen molar-refractivity contribution in [3.8, 4) is 11.1 Å². The maximum atomic E-state index is 2.26. The van der Waals surface area contributed by atoms with E-state index in [1.165, 1.54) is 27.8 Å². The zero-order valence-corrected chi connectivity index (χ0v) is 12.2. The molecule has 0 amide bonds. The van der Waals surface area contributed by atoms with Crippen LogP contribution in [-0.2, 0) is 0 Å². The third-order valence-electron chi connectivity index (χ3n) is 2.89. The third-order valence-corrected chi connectivity index (χ3v) is 3.25. The van der Waals surface area contributed by atoms with Crippen LogP contribution in [0, 0.1) is 13.8 Å². The summed E-state index contributed by atoms with van der Waals surface area (Å²) in [6, 6.07) is 15.2. The Morgan fingerprint density at radius 3 is 2.29 bits per heavy atom. The van der Waals surface area contributed by atoms with Crippen molar-refractivity contribution >= 4 is 28.7 Å². The van der Waals surface area contributed by atoms with E-state index < -0.39 is 0 Å². The highest BCUT2D eigenvalue weighted by Crippen LogP contribution is 2.28. The zero-order valence-electron chi connectivity index (χ0n) is 10.1. The van der Waals surface area contributed by atoms with Crippen molar-refractivity contribution in [2.45, 2.75) is 13.8 Å². The summed E-state index contributed by atoms with van der Waals surface area (Å²) >= 11 is 2.26. The molecular weight excluding hydrogens is 319 g/mol. The summed E-state index contributed by atoms with van der Waals surface area (Å²) in [7, 11) is 0. The number of hydrogen-bond acceptors (Lipinski definition) is 0. The summed E-state index contributed by atoms with van der Waals surface area (Å²) in [5.41, 5.74) is 6.52. The molecule has 2 aromatic rings. The van der Waals surface area contributed by atoms with Gasteiger partial charge in [-0.3, -0.25) is 0 Å². The average Bonchev–Trinajstić information content (AvgIpc) is 2.32. The van der Waals surface area contributed by atoms with E-state index in [0.717, 1.165) is 0 Å². The molecule has 0 nitrogen and oxygen atoms in total. The van der Waals surface area contributed by atoms with E-state index >= 15 is 0 Å². The smallest absolute Gasteiger partial charge is 0.00820 e. The van der Waals surface area contributed by atoms with Crippen molar-refractivity contribution in [2.24, 2.45) is 0 Å². The second-order valence-corrected chi connectivity index (χ2v) is 4.92. The minimum absolute atomic E-state index is 1.28. The van der Waals surface area contributed by atoms with E-state index in [4.69, 9.17) is 0 Å². The average molecular weight is 334 g/mol. The fourth-order valence-electron chi connectivity index (χ4n) is 2.01. The van der Waals surface area contributed by atoms with Crippen molar-refractivity contribution in [1.82, 2.24) is 0 Å². The van der Waals surface area contributed by atoms with Crippen molar-refractivity contribution < 1.29 is 0 Å². The second-order valence-electron chi connectivity index (χ2n) is 4.20. The van der Waals surface area contributed by atoms with E-state index in [0.29, 0.717) is 0 Å². The zero-order chi connectivity index (χ0) is 12.3. The van der Waals surface area contributed by atoms with Gasteiger partial charge in [0.25, 0.3) is 0 Å². The molecule has 0 heterocycles. The molecule has 0 bridgehead atoms. The maximum absolute atomic E-state index is 2.26. The van der Waals surface area contributed by atoms with E-state index in [2.05, 4.69) is 89.1 Å². The van der Waals surface area contributed by atoms with Gasteiger partial charge in [0.1, 0.15) is 0 Å². The lowest BCUT2D eigenvalue weighted by Crippen LogP contribution is -1.87. The molecule has 0 saturated carbocycles. The molecule has 0 spiro atoms. The highest BCUT2D eigenvalue weighted by atomic mass is 127. The second kappa shape index (κ2) is 5.50. The Kier molecular flexibility index (Phi) is 4.00. The van der Waals surface area contributed by atoms with Crippen LogP contribution in [0.25, 0.3) is 17.2 Å². The highest BCUT2D eigenvalue weighted by molar-refractivity contribution is 14.1. The Balaban J connectivity index is 2.61. The topological polar surface area (TPSA) is 0 Å². The van der Waals surface area contributed by atoms with Gasteiger partial charge in [0.05, 0.1) is 0 Å². The minimum Gasteiger partial charge on any atom is -0.0614 e. The van der Waals surface area contributed by atoms with E-state index in [-0.39, 0.29) is 0 Å². The van der Waals surface area contributed by atoms with Gasteiger partial charge in [0.15, 0.2) is 0 Å². The van der Waals surface area contributed by atoms with Crippen molar-refractivity contribution in [1.29, 1.82) is 0 Å². The standard InChI is InChI=1S/C16H15I/c1-12-6-8-15(9-7-12)16-13(2)4-3-5-14(16)10-11-17/h3-11H,1-2H3/b11-10+. The fraction of sp³-hybridized carbons (Fsp3) is 0.125. The van der Waals surface area contributed by atoms with Crippen LogP contribution in [0.3, 0.4) is 0 Å². The summed E-state index contributed by atoms with van der Waals surface area (Å²) < 4.78 is 2.06. The lowest BCUT2D eigenvalue weighted by atomic mass is 9.94. The molecule has 0 radical (unpaired) electrons. The Labute approximate surface area is 117 Å². The number of benzene rings is 2. The first-order chi connectivity index (χ1) is 8.22. The SMILES string of the molecule is Cc1ccc(-c2c(C)cccc2/C=C/I)cc1. The molecule has 0 fully saturated rings. The molecule has 2 rings (SSSR count). The normalized spacial score (nSPS) is 11.0. The number of halogens is 1. The molecule has 17 heavy (non-hydrogen) atoms. The van der Waals surface area contributed by atoms with E-state index in [9.17, 15) is 0 Å². The maximum Gasteiger partial charge on any atom is -0.00820 e. The molecule has 0 unspecified atom stereocenters. The van der Waals surface area contributed by atoms with Crippen LogP contribution in [-0.4, -0.2) is 0 Å². The fourth-order valence-corrected chi connectivity index (χ4v) is 2.40. The Hall–Kier alpha value is -1.09. The highest BCUT2D eigenvalue weighted by Gasteiger charge is 2.05. The number of hydrogen-bond donors (Lipinski definition) is 0. The van der Waals surface area contributed by atoms with E-state index in [1.807, 2.05) is 0 Å². The predicted molar refractivity (Wildman–Crippen MR) is 84.4 cm³/mol. The lowest BCUT2D eigenvalue weighted by molar-refractivity contribution is 1.42. The molecule has 0 aliphatic carbocycles. The van der Waals surface area contributed by atoms with Crippen molar-refractivity contribution in [2.75, 3.05) is 0 Å². The Morgan fingerprint density at radius 1 is 0.941 bits per heavy atom. The van der Waals surface area contributed by atoms with Gasteiger partial charge in [0, 0.05) is 0 Å². The van der Waals surface area contributed by atoms with Crippen LogP contribution in [0.2, 0.25) is 0 Å². The van der Waals surface area contributed by atoms with Gasteiger partial charge < -0.3 is 0 Å². The van der Waals surface area contributed by atoms with Crippen LogP contribution in [0.5, 0.6) is 0 Å². The van der Waals surface area contributed by atoms with Gasteiger partial charge in [-0.15, -0.1) is 0 Å². The van der Waals surface area contributed by atoms with E-state index in [1.54, 1.807) is 0 Å². The van der Waals surface area contributed by atoms with Gasteiger partial charge in [0.2, 0.25) is 0 Å². The monoisotopic (exact) mass is 334 g/mol. The van der Waals surface area contributed by atoms with Crippen molar-refractivity contribution in [3.05, 3.63) is 63.2 Å². The van der Waals surface area contributed by atoms with Crippen molar-refractivity contribution in [3.63, 3.8) is 0 Å². The third kappa shape index (κ3) is 2.78. The molecule has 0 saturated heterocycles. The van der Waals surface area contributed by atoms with Gasteiger partial charge >= 0.3 is 0 Å². The summed E-state index contributed by atoms with van der Waals surface area (Å²) in [5.74, 6) is 0. The lowest BCUT2D eigenvalue weighted by Gasteiger charge is -2.10. The molecule has 0 atom stereocenters. The van der Waals surface area contributed by atoms with Gasteiger partial charge in [-0.2, -0.15) is 0 Å². The molecule has 86 valence electrons. The number of aryl methyl sites for hydroxylation is 2. The first-order valence-corrected chi connectivity index (χ1v) is 6.90. The first-order valence-electron chi connectivity index (χ1n) is 5.66. The predicted octanol–water partition coefficient (Wildman–Crippen LogP) is 5.38. The quantitative estimate of drug-likeness (QED) is 0.647. The summed E-state index contributed by atoms with van der Waals surface area (Å²) in [6.07, 6.45) is 2.16. The molecule has 0 aromatic heterocycles. The van der Waals surface area contributed by atoms with Gasteiger partial charge in [-0.1, -0.05) is 70.6 Å². The van der Waals surface area contributed by atoms with Gasteiger partial charge in [-0.25, -0.2) is 0 Å². The minimum atomic E-state index is 1.28. The molecular formula is C16H15I. The Morgan fingerprint density at radius 2 is 1.65 bits per heavy atom. The Bertz CT molecular complexity index is 536. The summed E-state index contributed by atoms with van der Waals surface area (Å²) in [6.45, 7) is 4.28. The number of rotatable bonds is 2. The molecule has 0 N–H and O–H groups in total. The van der Waals surface area contributed by atoms with Crippen LogP contribution >= 0.6 is 22.6 Å². The molecule has 0 aliphatic heterocycles. The first kappa shape index (κ1) is 12.4. The van der Waals surface area contributed by atoms with Crippen LogP contribution in [0.1, 0.15) is 16.7 Å². The van der Waals surface area contributed by atoms with Gasteiger partial charge in [-0.05, 0) is 46.3 Å². The molecule has 1 heteroatoms. The van der Waals surface area contributed by atoms with Crippen LogP contribution < -0.4 is 0 Å². The van der Waals surface area contributed by atoms with Crippen LogP contribution in [0.15, 0.2) is 46.5 Å². The van der Waals surface area contributed by atoms with Crippen LogP contribution in [0.4, 0.5) is 0 Å². The largest absolute Gasteiger partial charge is 0.0614 e.